The lowest BCUT2D eigenvalue weighted by Crippen LogP contribution is -2.25. The first kappa shape index (κ1) is 14.4. The van der Waals surface area contributed by atoms with Crippen molar-refractivity contribution < 1.29 is 13.2 Å². The lowest BCUT2D eigenvalue weighted by molar-refractivity contribution is 0.0956. The Labute approximate surface area is 107 Å². The van der Waals surface area contributed by atoms with Crippen molar-refractivity contribution in [3.63, 3.8) is 0 Å². The molecular weight excluding hydrogens is 252 g/mol. The minimum absolute atomic E-state index is 0.00329. The van der Waals surface area contributed by atoms with Crippen molar-refractivity contribution in [2.75, 3.05) is 6.54 Å². The third-order valence-electron chi connectivity index (χ3n) is 2.32. The summed E-state index contributed by atoms with van der Waals surface area (Å²) in [6.45, 7) is 7.52. The van der Waals surface area contributed by atoms with Crippen LogP contribution in [0, 0.1) is 6.92 Å². The van der Waals surface area contributed by atoms with Crippen molar-refractivity contribution in [3.8, 4) is 0 Å². The maximum Gasteiger partial charge on any atom is 0.251 e. The molecule has 0 heterocycles. The summed E-state index contributed by atoms with van der Waals surface area (Å²) in [5.74, 6) is -0.267. The van der Waals surface area contributed by atoms with Crippen LogP contribution in [0.5, 0.6) is 0 Å². The van der Waals surface area contributed by atoms with Crippen molar-refractivity contribution in [1.29, 1.82) is 0 Å². The zero-order chi connectivity index (χ0) is 13.9. The fourth-order valence-corrected chi connectivity index (χ4v) is 1.99. The van der Waals surface area contributed by atoms with Crippen molar-refractivity contribution in [2.45, 2.75) is 18.7 Å². The Balaban J connectivity index is 2.99. The largest absolute Gasteiger partial charge is 0.348 e. The summed E-state index contributed by atoms with van der Waals surface area (Å²) < 4.78 is 22.3. The molecular formula is C12H16N2O3S. The van der Waals surface area contributed by atoms with Crippen LogP contribution in [0.2, 0.25) is 0 Å². The summed E-state index contributed by atoms with van der Waals surface area (Å²) in [4.78, 5) is 11.8. The summed E-state index contributed by atoms with van der Waals surface area (Å²) in [7, 11) is -3.74. The first-order valence-corrected chi connectivity index (χ1v) is 6.82. The fraction of sp³-hybridized carbons (Fsp3) is 0.250. The number of amides is 1. The molecule has 0 unspecified atom stereocenters. The van der Waals surface area contributed by atoms with Crippen LogP contribution in [0.4, 0.5) is 0 Å². The van der Waals surface area contributed by atoms with Crippen molar-refractivity contribution in [2.24, 2.45) is 5.14 Å². The van der Waals surface area contributed by atoms with E-state index in [-0.39, 0.29) is 10.8 Å². The molecule has 0 fully saturated rings. The zero-order valence-corrected chi connectivity index (χ0v) is 11.2. The van der Waals surface area contributed by atoms with E-state index in [4.69, 9.17) is 5.14 Å². The van der Waals surface area contributed by atoms with E-state index in [1.165, 1.54) is 18.2 Å². The number of carbonyl (C=O) groups is 1. The maximum absolute atomic E-state index is 11.8. The van der Waals surface area contributed by atoms with Crippen molar-refractivity contribution >= 4 is 15.9 Å². The predicted octanol–water partition coefficient (Wildman–Crippen LogP) is 0.948. The lowest BCUT2D eigenvalue weighted by atomic mass is 10.1. The first-order valence-electron chi connectivity index (χ1n) is 5.28. The highest BCUT2D eigenvalue weighted by Gasteiger charge is 2.13. The van der Waals surface area contributed by atoms with Gasteiger partial charge in [0, 0.05) is 12.1 Å². The highest BCUT2D eigenvalue weighted by atomic mass is 32.2. The van der Waals surface area contributed by atoms with Crippen LogP contribution >= 0.6 is 0 Å². The van der Waals surface area contributed by atoms with E-state index in [9.17, 15) is 13.2 Å². The van der Waals surface area contributed by atoms with Gasteiger partial charge in [0.15, 0.2) is 0 Å². The number of benzene rings is 1. The molecule has 5 nitrogen and oxygen atoms in total. The molecule has 3 N–H and O–H groups in total. The van der Waals surface area contributed by atoms with Gasteiger partial charge in [-0.05, 0) is 37.6 Å². The Morgan fingerprint density at radius 1 is 1.44 bits per heavy atom. The van der Waals surface area contributed by atoms with Gasteiger partial charge in [0.2, 0.25) is 10.0 Å². The van der Waals surface area contributed by atoms with Crippen molar-refractivity contribution in [3.05, 3.63) is 41.5 Å². The van der Waals surface area contributed by atoms with Gasteiger partial charge in [-0.3, -0.25) is 4.79 Å². The lowest BCUT2D eigenvalue weighted by Gasteiger charge is -2.08. The number of carbonyl (C=O) groups excluding carboxylic acids is 1. The van der Waals surface area contributed by atoms with Gasteiger partial charge in [-0.2, -0.15) is 0 Å². The molecule has 1 aromatic rings. The molecule has 0 aliphatic carbocycles. The summed E-state index contributed by atoms with van der Waals surface area (Å²) >= 11 is 0. The van der Waals surface area contributed by atoms with Gasteiger partial charge in [0.05, 0.1) is 4.90 Å². The molecule has 0 saturated heterocycles. The quantitative estimate of drug-likeness (QED) is 0.797. The number of sulfonamides is 1. The van der Waals surface area contributed by atoms with Crippen LogP contribution in [-0.4, -0.2) is 20.9 Å². The van der Waals surface area contributed by atoms with Gasteiger partial charge in [-0.25, -0.2) is 13.6 Å². The molecule has 18 heavy (non-hydrogen) atoms. The van der Waals surface area contributed by atoms with Gasteiger partial charge in [0.25, 0.3) is 5.91 Å². The monoisotopic (exact) mass is 268 g/mol. The number of primary sulfonamides is 1. The molecule has 0 bridgehead atoms. The molecule has 0 aliphatic heterocycles. The topological polar surface area (TPSA) is 89.3 Å². The molecule has 0 atom stereocenters. The Morgan fingerprint density at radius 3 is 2.50 bits per heavy atom. The summed E-state index contributed by atoms with van der Waals surface area (Å²) in [5, 5.41) is 7.69. The normalized spacial score (nSPS) is 11.1. The summed E-state index contributed by atoms with van der Waals surface area (Å²) in [6.07, 6.45) is 0. The van der Waals surface area contributed by atoms with Crippen molar-refractivity contribution in [1.82, 2.24) is 5.32 Å². The van der Waals surface area contributed by atoms with Crippen LogP contribution in [-0.2, 0) is 10.0 Å². The molecule has 0 spiro atoms. The van der Waals surface area contributed by atoms with Gasteiger partial charge in [0.1, 0.15) is 0 Å². The molecule has 0 aromatic heterocycles. The highest BCUT2D eigenvalue weighted by Crippen LogP contribution is 2.14. The van der Waals surface area contributed by atoms with E-state index in [1.54, 1.807) is 13.8 Å². The van der Waals surface area contributed by atoms with E-state index in [0.717, 1.165) is 5.57 Å². The van der Waals surface area contributed by atoms with Crippen LogP contribution in [0.15, 0.2) is 35.2 Å². The first-order chi connectivity index (χ1) is 8.21. The SMILES string of the molecule is C=C(C)CNC(=O)c1ccc(S(N)(=O)=O)cc1C. The van der Waals surface area contributed by atoms with Gasteiger partial charge in [-0.1, -0.05) is 12.2 Å². The molecule has 6 heteroatoms. The second kappa shape index (κ2) is 5.32. The summed E-state index contributed by atoms with van der Waals surface area (Å²) in [6, 6.07) is 4.14. The molecule has 98 valence electrons. The maximum atomic E-state index is 11.8. The number of hydrogen-bond donors (Lipinski definition) is 2. The summed E-state index contributed by atoms with van der Waals surface area (Å²) in [5.41, 5.74) is 1.81. The van der Waals surface area contributed by atoms with Crippen LogP contribution in [0.3, 0.4) is 0 Å². The van der Waals surface area contributed by atoms with E-state index < -0.39 is 10.0 Å². The van der Waals surface area contributed by atoms with Crippen LogP contribution in [0.1, 0.15) is 22.8 Å². The molecule has 1 amide bonds. The van der Waals surface area contributed by atoms with E-state index in [2.05, 4.69) is 11.9 Å². The fourth-order valence-electron chi connectivity index (χ4n) is 1.39. The highest BCUT2D eigenvalue weighted by molar-refractivity contribution is 7.89. The third kappa shape index (κ3) is 3.68. The Kier molecular flexibility index (Phi) is 4.26. The Morgan fingerprint density at radius 2 is 2.06 bits per heavy atom. The number of rotatable bonds is 4. The number of nitrogens with one attached hydrogen (secondary N) is 1. The average Bonchev–Trinajstić information content (AvgIpc) is 2.24. The van der Waals surface area contributed by atoms with E-state index >= 15 is 0 Å². The Bertz CT molecular complexity index is 591. The molecule has 0 aliphatic rings. The minimum atomic E-state index is -3.74. The van der Waals surface area contributed by atoms with Gasteiger partial charge in [-0.15, -0.1) is 0 Å². The second-order valence-corrected chi connectivity index (χ2v) is 5.72. The van der Waals surface area contributed by atoms with E-state index in [1.807, 2.05) is 0 Å². The van der Waals surface area contributed by atoms with Crippen LogP contribution in [0.25, 0.3) is 0 Å². The smallest absolute Gasteiger partial charge is 0.251 e. The van der Waals surface area contributed by atoms with E-state index in [0.29, 0.717) is 17.7 Å². The number of aryl methyl sites for hydroxylation is 1. The third-order valence-corrected chi connectivity index (χ3v) is 3.23. The second-order valence-electron chi connectivity index (χ2n) is 4.16. The van der Waals surface area contributed by atoms with Gasteiger partial charge < -0.3 is 5.32 Å². The van der Waals surface area contributed by atoms with Crippen LogP contribution < -0.4 is 10.5 Å². The Hall–Kier alpha value is -1.66. The number of nitrogens with two attached hydrogens (primary N) is 1. The molecule has 1 aromatic carbocycles. The number of hydrogen-bond acceptors (Lipinski definition) is 3. The average molecular weight is 268 g/mol. The minimum Gasteiger partial charge on any atom is -0.348 e. The molecule has 0 saturated carbocycles. The van der Waals surface area contributed by atoms with Gasteiger partial charge >= 0.3 is 0 Å². The molecule has 1 rings (SSSR count). The predicted molar refractivity (Wildman–Crippen MR) is 69.7 cm³/mol. The standard InChI is InChI=1S/C12H16N2O3S/c1-8(2)7-14-12(15)11-5-4-10(6-9(11)3)18(13,16)17/h4-6H,1,7H2,2-3H3,(H,14,15)(H2,13,16,17). The molecule has 0 radical (unpaired) electrons. The zero-order valence-electron chi connectivity index (χ0n) is 10.4.